The van der Waals surface area contributed by atoms with Gasteiger partial charge in [0.15, 0.2) is 0 Å². The summed E-state index contributed by atoms with van der Waals surface area (Å²) in [5, 5.41) is 4.50. The highest BCUT2D eigenvalue weighted by molar-refractivity contribution is 6.35. The molecule has 35 heavy (non-hydrogen) atoms. The maximum atomic E-state index is 13.6. The summed E-state index contributed by atoms with van der Waals surface area (Å²) in [6, 6.07) is 19.8. The van der Waals surface area contributed by atoms with Crippen molar-refractivity contribution in [3.05, 3.63) is 111 Å². The Kier molecular flexibility index (Phi) is 8.64. The Morgan fingerprint density at radius 3 is 2.29 bits per heavy atom. The molecule has 0 fully saturated rings. The zero-order valence-electron chi connectivity index (χ0n) is 21.1. The summed E-state index contributed by atoms with van der Waals surface area (Å²) in [5.41, 5.74) is 7.22. The molecule has 0 bridgehead atoms. The summed E-state index contributed by atoms with van der Waals surface area (Å²) in [7, 11) is 0. The van der Waals surface area contributed by atoms with Crippen LogP contribution in [0.15, 0.2) is 78.9 Å². The first-order valence-electron chi connectivity index (χ1n) is 11.9. The van der Waals surface area contributed by atoms with Gasteiger partial charge in [0.1, 0.15) is 0 Å². The maximum absolute atomic E-state index is 13.6. The van der Waals surface area contributed by atoms with Crippen LogP contribution in [0.25, 0.3) is 16.7 Å². The second kappa shape index (κ2) is 11.3. The Bertz CT molecular complexity index is 1270. The van der Waals surface area contributed by atoms with Gasteiger partial charge in [-0.05, 0) is 91.3 Å². The Labute approximate surface area is 219 Å². The molecular weight excluding hydrogens is 473 g/mol. The lowest BCUT2D eigenvalue weighted by molar-refractivity contribution is -0.119. The fourth-order valence-electron chi connectivity index (χ4n) is 4.90. The summed E-state index contributed by atoms with van der Waals surface area (Å²) in [6.07, 6.45) is 3.43. The highest BCUT2D eigenvalue weighted by atomic mass is 35.5. The number of carbonyl (C=O) groups is 1. The van der Waals surface area contributed by atoms with Crippen molar-refractivity contribution in [3.63, 3.8) is 0 Å². The third-order valence-electron chi connectivity index (χ3n) is 6.64. The van der Waals surface area contributed by atoms with Gasteiger partial charge in [0.2, 0.25) is 0 Å². The van der Waals surface area contributed by atoms with Crippen LogP contribution in [0, 0.1) is 13.8 Å². The van der Waals surface area contributed by atoms with Crippen LogP contribution in [0.4, 0.5) is 0 Å². The van der Waals surface area contributed by atoms with E-state index in [1.165, 1.54) is 0 Å². The van der Waals surface area contributed by atoms with E-state index in [0.29, 0.717) is 15.6 Å². The molecule has 0 aliphatic heterocycles. The summed E-state index contributed by atoms with van der Waals surface area (Å²) in [6.45, 7) is 14.3. The van der Waals surface area contributed by atoms with Crippen molar-refractivity contribution in [1.29, 1.82) is 0 Å². The van der Waals surface area contributed by atoms with Crippen LogP contribution in [0.3, 0.4) is 0 Å². The molecule has 0 aliphatic carbocycles. The smallest absolute Gasteiger partial charge is 0.252 e. The molecule has 3 aromatic carbocycles. The first-order valence-corrected chi connectivity index (χ1v) is 12.6. The van der Waals surface area contributed by atoms with E-state index in [0.717, 1.165) is 51.8 Å². The molecule has 0 aromatic heterocycles. The number of aryl methyl sites for hydroxylation is 1. The van der Waals surface area contributed by atoms with Crippen LogP contribution in [0.1, 0.15) is 55.9 Å². The fourth-order valence-corrected chi connectivity index (χ4v) is 5.43. The second-order valence-corrected chi connectivity index (χ2v) is 10.1. The van der Waals surface area contributed by atoms with E-state index >= 15 is 0 Å². The Hall–Kier alpha value is -2.81. The third-order valence-corrected chi connectivity index (χ3v) is 7.08. The number of hydrogen-bond donors (Lipinski definition) is 1. The van der Waals surface area contributed by atoms with Crippen molar-refractivity contribution in [3.8, 4) is 11.1 Å². The highest BCUT2D eigenvalue weighted by Gasteiger charge is 2.30. The fraction of sp³-hybridized carbons (Fsp3) is 0.258. The molecule has 1 unspecified atom stereocenters. The quantitative estimate of drug-likeness (QED) is 0.240. The molecule has 2 nitrogen and oxygen atoms in total. The SMILES string of the molecule is C=C/C(C(=O)NC(C)(CCC)c1ccccc1C)=C(/C)c1cccc(-c2cc(Cl)cc(Cl)c2)c1C. The van der Waals surface area contributed by atoms with Crippen LogP contribution >= 0.6 is 23.2 Å². The maximum Gasteiger partial charge on any atom is 0.252 e. The molecule has 0 saturated heterocycles. The minimum absolute atomic E-state index is 0.132. The van der Waals surface area contributed by atoms with Crippen LogP contribution < -0.4 is 5.32 Å². The van der Waals surface area contributed by atoms with Crippen LogP contribution in [0.2, 0.25) is 10.0 Å². The Morgan fingerprint density at radius 2 is 1.69 bits per heavy atom. The number of amides is 1. The topological polar surface area (TPSA) is 29.1 Å². The van der Waals surface area contributed by atoms with Crippen molar-refractivity contribution >= 4 is 34.7 Å². The molecule has 3 aromatic rings. The molecule has 182 valence electrons. The summed E-state index contributed by atoms with van der Waals surface area (Å²) in [5.74, 6) is -0.132. The zero-order chi connectivity index (χ0) is 25.8. The van der Waals surface area contributed by atoms with E-state index in [1.807, 2.05) is 49.4 Å². The molecule has 0 spiro atoms. The highest BCUT2D eigenvalue weighted by Crippen LogP contribution is 2.34. The number of carbonyl (C=O) groups excluding carboxylic acids is 1. The van der Waals surface area contributed by atoms with Crippen LogP contribution in [-0.2, 0) is 10.3 Å². The minimum Gasteiger partial charge on any atom is -0.343 e. The van der Waals surface area contributed by atoms with E-state index in [9.17, 15) is 4.79 Å². The normalized spacial score (nSPS) is 13.6. The molecule has 3 rings (SSSR count). The standard InChI is InChI=1S/C31H33Cl2NO/c1-7-16-31(6,29-15-10-9-12-20(29)3)34-30(35)26(8-2)21(4)27-13-11-14-28(22(27)5)23-17-24(32)19-25(33)18-23/h8-15,17-19H,2,7,16H2,1,3-6H3,(H,34,35)/b26-21+. The number of allylic oxidation sites excluding steroid dienone is 1. The molecule has 4 heteroatoms. The molecule has 0 saturated carbocycles. The van der Waals surface area contributed by atoms with Crippen LogP contribution in [0.5, 0.6) is 0 Å². The van der Waals surface area contributed by atoms with Gasteiger partial charge in [-0.3, -0.25) is 4.79 Å². The second-order valence-electron chi connectivity index (χ2n) is 9.23. The van der Waals surface area contributed by atoms with Crippen molar-refractivity contribution in [2.24, 2.45) is 0 Å². The first-order chi connectivity index (χ1) is 16.6. The monoisotopic (exact) mass is 505 g/mol. The van der Waals surface area contributed by atoms with Crippen molar-refractivity contribution in [1.82, 2.24) is 5.32 Å². The van der Waals surface area contributed by atoms with Crippen molar-refractivity contribution < 1.29 is 4.79 Å². The summed E-state index contributed by atoms with van der Waals surface area (Å²) < 4.78 is 0. The number of halogens is 2. The predicted molar refractivity (Wildman–Crippen MR) is 151 cm³/mol. The van der Waals surface area contributed by atoms with Gasteiger partial charge in [-0.15, -0.1) is 0 Å². The van der Waals surface area contributed by atoms with Crippen molar-refractivity contribution in [2.75, 3.05) is 0 Å². The minimum atomic E-state index is -0.486. The third kappa shape index (κ3) is 5.89. The first kappa shape index (κ1) is 26.8. The lowest BCUT2D eigenvalue weighted by atomic mass is 9.84. The van der Waals surface area contributed by atoms with E-state index in [2.05, 4.69) is 51.7 Å². The van der Waals surface area contributed by atoms with E-state index in [-0.39, 0.29) is 5.91 Å². The molecule has 0 aliphatic rings. The van der Waals surface area contributed by atoms with Gasteiger partial charge >= 0.3 is 0 Å². The van der Waals surface area contributed by atoms with E-state index in [4.69, 9.17) is 23.2 Å². The lowest BCUT2D eigenvalue weighted by Crippen LogP contribution is -2.44. The zero-order valence-corrected chi connectivity index (χ0v) is 22.6. The van der Waals surface area contributed by atoms with Crippen LogP contribution in [-0.4, -0.2) is 5.91 Å². The average Bonchev–Trinajstić information content (AvgIpc) is 2.79. The molecule has 0 radical (unpaired) electrons. The van der Waals surface area contributed by atoms with Gasteiger partial charge in [0.05, 0.1) is 5.54 Å². The molecule has 1 amide bonds. The van der Waals surface area contributed by atoms with Gasteiger partial charge < -0.3 is 5.32 Å². The molecule has 1 atom stereocenters. The lowest BCUT2D eigenvalue weighted by Gasteiger charge is -2.33. The largest absolute Gasteiger partial charge is 0.343 e. The Morgan fingerprint density at radius 1 is 1.03 bits per heavy atom. The number of nitrogens with one attached hydrogen (secondary N) is 1. The number of benzene rings is 3. The summed E-state index contributed by atoms with van der Waals surface area (Å²) >= 11 is 12.5. The molecule has 0 heterocycles. The molecular formula is C31H33Cl2NO. The van der Waals surface area contributed by atoms with Gasteiger partial charge in [-0.25, -0.2) is 0 Å². The van der Waals surface area contributed by atoms with Gasteiger partial charge in [0, 0.05) is 15.6 Å². The van der Waals surface area contributed by atoms with Crippen molar-refractivity contribution in [2.45, 2.75) is 53.0 Å². The van der Waals surface area contributed by atoms with Gasteiger partial charge in [-0.2, -0.15) is 0 Å². The average molecular weight is 507 g/mol. The van der Waals surface area contributed by atoms with Gasteiger partial charge in [-0.1, -0.05) is 91.7 Å². The van der Waals surface area contributed by atoms with E-state index < -0.39 is 5.54 Å². The number of rotatable bonds is 8. The predicted octanol–water partition coefficient (Wildman–Crippen LogP) is 9.07. The Balaban J connectivity index is 2.05. The van der Waals surface area contributed by atoms with Gasteiger partial charge in [0.25, 0.3) is 5.91 Å². The summed E-state index contributed by atoms with van der Waals surface area (Å²) in [4.78, 5) is 13.6. The number of hydrogen-bond acceptors (Lipinski definition) is 1. The molecule has 1 N–H and O–H groups in total. The van der Waals surface area contributed by atoms with E-state index in [1.54, 1.807) is 12.1 Å².